The van der Waals surface area contributed by atoms with Crippen molar-refractivity contribution in [3.8, 4) is 11.5 Å². The van der Waals surface area contributed by atoms with E-state index in [1.165, 1.54) is 25.7 Å². The van der Waals surface area contributed by atoms with Crippen molar-refractivity contribution in [3.05, 3.63) is 11.1 Å². The molecular formula is C18H30OSi. The molecule has 0 aromatic carbocycles. The normalized spacial score (nSPS) is 20.2. The van der Waals surface area contributed by atoms with E-state index in [2.05, 4.69) is 52.3 Å². The molecule has 0 radical (unpaired) electrons. The van der Waals surface area contributed by atoms with Gasteiger partial charge in [-0.1, -0.05) is 50.9 Å². The summed E-state index contributed by atoms with van der Waals surface area (Å²) in [5, 5.41) is 0.338. The highest BCUT2D eigenvalue weighted by Crippen LogP contribution is 2.55. The second-order valence-corrected chi connectivity index (χ2v) is 13.2. The van der Waals surface area contributed by atoms with Crippen LogP contribution in [0.25, 0.3) is 0 Å². The summed E-state index contributed by atoms with van der Waals surface area (Å²) in [4.78, 5) is 0. The van der Waals surface area contributed by atoms with Gasteiger partial charge in [0.2, 0.25) is 0 Å². The van der Waals surface area contributed by atoms with E-state index in [4.69, 9.17) is 4.74 Å². The Kier molecular flexibility index (Phi) is 4.24. The number of ether oxygens (including phenoxy) is 1. The summed E-state index contributed by atoms with van der Waals surface area (Å²) in [7, 11) is -1.47. The molecule has 0 atom stereocenters. The highest BCUT2D eigenvalue weighted by molar-refractivity contribution is 6.87. The SMILES string of the molecule is CC(=C1CC1)C1(COCC#C[Si](C)(C)C(C)(C)C)CC1. The zero-order valence-corrected chi connectivity index (χ0v) is 15.2. The smallest absolute Gasteiger partial charge is 0.137 e. The van der Waals surface area contributed by atoms with E-state index in [-0.39, 0.29) is 0 Å². The van der Waals surface area contributed by atoms with E-state index in [9.17, 15) is 0 Å². The summed E-state index contributed by atoms with van der Waals surface area (Å²) in [6.45, 7) is 15.4. The van der Waals surface area contributed by atoms with Crippen molar-refractivity contribution in [1.82, 2.24) is 0 Å². The van der Waals surface area contributed by atoms with Gasteiger partial charge in [-0.15, -0.1) is 5.54 Å². The van der Waals surface area contributed by atoms with E-state index in [1.54, 1.807) is 11.1 Å². The average molecular weight is 291 g/mol. The maximum Gasteiger partial charge on any atom is 0.137 e. The molecule has 2 rings (SSSR count). The molecule has 0 spiro atoms. The summed E-state index contributed by atoms with van der Waals surface area (Å²) >= 11 is 0. The molecule has 0 aliphatic heterocycles. The van der Waals surface area contributed by atoms with Crippen LogP contribution < -0.4 is 0 Å². The molecule has 0 N–H and O–H groups in total. The zero-order valence-electron chi connectivity index (χ0n) is 14.2. The van der Waals surface area contributed by atoms with Gasteiger partial charge in [-0.05, 0) is 37.6 Å². The zero-order chi connectivity index (χ0) is 15.0. The molecule has 2 saturated carbocycles. The van der Waals surface area contributed by atoms with Crippen LogP contribution in [-0.2, 0) is 4.74 Å². The van der Waals surface area contributed by atoms with Gasteiger partial charge in [0, 0.05) is 5.41 Å². The third kappa shape index (κ3) is 3.57. The molecule has 2 aliphatic rings. The molecule has 2 aliphatic carbocycles. The molecule has 0 aromatic heterocycles. The first kappa shape index (κ1) is 15.9. The van der Waals surface area contributed by atoms with Crippen molar-refractivity contribution in [2.24, 2.45) is 5.41 Å². The van der Waals surface area contributed by atoms with E-state index in [0.717, 1.165) is 6.61 Å². The molecular weight excluding hydrogens is 260 g/mol. The first-order valence-corrected chi connectivity index (χ1v) is 10.9. The summed E-state index contributed by atoms with van der Waals surface area (Å²) in [5.74, 6) is 3.29. The molecule has 0 amide bonds. The minimum atomic E-state index is -1.47. The van der Waals surface area contributed by atoms with Crippen LogP contribution in [0.4, 0.5) is 0 Å². The Hall–Kier alpha value is -0.523. The van der Waals surface area contributed by atoms with Crippen molar-refractivity contribution in [2.75, 3.05) is 13.2 Å². The number of allylic oxidation sites excluding steroid dienone is 1. The van der Waals surface area contributed by atoms with Crippen LogP contribution in [0.2, 0.25) is 18.1 Å². The van der Waals surface area contributed by atoms with Crippen LogP contribution in [0, 0.1) is 16.9 Å². The minimum Gasteiger partial charge on any atom is -0.368 e. The largest absolute Gasteiger partial charge is 0.368 e. The molecule has 2 fully saturated rings. The van der Waals surface area contributed by atoms with Gasteiger partial charge in [0.1, 0.15) is 14.7 Å². The van der Waals surface area contributed by atoms with Gasteiger partial charge in [0.05, 0.1) is 6.61 Å². The average Bonchev–Trinajstić information content (AvgIpc) is 3.21. The number of rotatable bonds is 4. The molecule has 0 heterocycles. The second-order valence-electron chi connectivity index (χ2n) is 8.18. The predicted molar refractivity (Wildman–Crippen MR) is 89.4 cm³/mol. The Morgan fingerprint density at radius 2 is 1.85 bits per heavy atom. The lowest BCUT2D eigenvalue weighted by atomic mass is 9.97. The summed E-state index contributed by atoms with van der Waals surface area (Å²) < 4.78 is 5.88. The lowest BCUT2D eigenvalue weighted by Gasteiger charge is -2.31. The maximum absolute atomic E-state index is 5.88. The number of hydrogen-bond acceptors (Lipinski definition) is 1. The summed E-state index contributed by atoms with van der Waals surface area (Å²) in [6.07, 6.45) is 5.30. The first-order valence-electron chi connectivity index (χ1n) is 7.95. The third-order valence-corrected chi connectivity index (χ3v) is 10.1. The fraction of sp³-hybridized carbons (Fsp3) is 0.778. The standard InChI is InChI=1S/C18H30OSi/c1-15(16-8-9-16)18(10-11-18)14-19-12-7-13-20(5,6)17(2,3)4/h8-12,14H2,1-6H3. The Morgan fingerprint density at radius 3 is 2.30 bits per heavy atom. The van der Waals surface area contributed by atoms with Crippen molar-refractivity contribution >= 4 is 8.07 Å². The number of hydrogen-bond donors (Lipinski definition) is 0. The Morgan fingerprint density at radius 1 is 1.25 bits per heavy atom. The van der Waals surface area contributed by atoms with Crippen molar-refractivity contribution < 1.29 is 4.74 Å². The molecule has 0 aromatic rings. The summed E-state index contributed by atoms with van der Waals surface area (Å²) in [6, 6.07) is 0. The topological polar surface area (TPSA) is 9.23 Å². The van der Waals surface area contributed by atoms with Gasteiger partial charge in [-0.3, -0.25) is 0 Å². The van der Waals surface area contributed by atoms with E-state index >= 15 is 0 Å². The van der Waals surface area contributed by atoms with Crippen LogP contribution in [0.1, 0.15) is 53.4 Å². The Balaban J connectivity index is 1.80. The minimum absolute atomic E-state index is 0.338. The quantitative estimate of drug-likeness (QED) is 0.308. The van der Waals surface area contributed by atoms with Crippen LogP contribution in [-0.4, -0.2) is 21.3 Å². The van der Waals surface area contributed by atoms with Crippen LogP contribution in [0.15, 0.2) is 11.1 Å². The van der Waals surface area contributed by atoms with Crippen LogP contribution in [0.3, 0.4) is 0 Å². The van der Waals surface area contributed by atoms with Gasteiger partial charge >= 0.3 is 0 Å². The van der Waals surface area contributed by atoms with E-state index in [0.29, 0.717) is 17.1 Å². The van der Waals surface area contributed by atoms with Gasteiger partial charge in [-0.2, -0.15) is 0 Å². The molecule has 0 bridgehead atoms. The molecule has 20 heavy (non-hydrogen) atoms. The van der Waals surface area contributed by atoms with Crippen molar-refractivity contribution in [3.63, 3.8) is 0 Å². The Labute approximate surface area is 126 Å². The van der Waals surface area contributed by atoms with Crippen LogP contribution >= 0.6 is 0 Å². The van der Waals surface area contributed by atoms with Crippen molar-refractivity contribution in [1.29, 1.82) is 0 Å². The van der Waals surface area contributed by atoms with Gasteiger partial charge in [0.15, 0.2) is 0 Å². The lowest BCUT2D eigenvalue weighted by molar-refractivity contribution is 0.130. The summed E-state index contributed by atoms with van der Waals surface area (Å²) in [5.41, 5.74) is 7.26. The van der Waals surface area contributed by atoms with Gasteiger partial charge in [-0.25, -0.2) is 0 Å². The molecule has 1 nitrogen and oxygen atoms in total. The van der Waals surface area contributed by atoms with E-state index in [1.807, 2.05) is 0 Å². The predicted octanol–water partition coefficient (Wildman–Crippen LogP) is 4.94. The fourth-order valence-electron chi connectivity index (χ4n) is 2.33. The molecule has 0 saturated heterocycles. The van der Waals surface area contributed by atoms with Crippen LogP contribution in [0.5, 0.6) is 0 Å². The highest BCUT2D eigenvalue weighted by atomic mass is 28.3. The highest BCUT2D eigenvalue weighted by Gasteiger charge is 2.46. The lowest BCUT2D eigenvalue weighted by Crippen LogP contribution is -2.35. The third-order valence-electron chi connectivity index (χ3n) is 5.51. The molecule has 0 unspecified atom stereocenters. The van der Waals surface area contributed by atoms with Gasteiger partial charge < -0.3 is 4.74 Å². The second kappa shape index (κ2) is 5.35. The molecule has 112 valence electrons. The van der Waals surface area contributed by atoms with Crippen molar-refractivity contribution in [2.45, 2.75) is 71.5 Å². The van der Waals surface area contributed by atoms with E-state index < -0.39 is 8.07 Å². The van der Waals surface area contributed by atoms with Gasteiger partial charge in [0.25, 0.3) is 0 Å². The maximum atomic E-state index is 5.88. The molecule has 2 heteroatoms. The monoisotopic (exact) mass is 290 g/mol. The fourth-order valence-corrected chi connectivity index (χ4v) is 3.22. The first-order chi connectivity index (χ1) is 9.18. The Bertz CT molecular complexity index is 458.